The lowest BCUT2D eigenvalue weighted by molar-refractivity contribution is 0.0113. The number of carbonyl (C=O) groups excluding carboxylic acids is 1. The van der Waals surface area contributed by atoms with E-state index in [0.29, 0.717) is 17.9 Å². The molecule has 20 heavy (non-hydrogen) atoms. The van der Waals surface area contributed by atoms with Gasteiger partial charge in [-0.1, -0.05) is 13.3 Å². The van der Waals surface area contributed by atoms with E-state index in [4.69, 9.17) is 9.47 Å². The molecule has 5 heteroatoms. The topological polar surface area (TPSA) is 65.0 Å². The molecule has 0 aromatic heterocycles. The standard InChI is InChI=1S/C15H22O5/c1-3-4-9-19-10-13(16)11-20-14-7-5-12(6-8-14)15(17)18-2/h5-8,13,16H,3-4,9-11H2,1-2H3. The van der Waals surface area contributed by atoms with Crippen LogP contribution in [0, 0.1) is 0 Å². The van der Waals surface area contributed by atoms with E-state index in [1.54, 1.807) is 24.3 Å². The number of aliphatic hydroxyl groups excluding tert-OH is 1. The second-order valence-electron chi connectivity index (χ2n) is 4.41. The van der Waals surface area contributed by atoms with E-state index < -0.39 is 6.10 Å². The minimum absolute atomic E-state index is 0.156. The summed E-state index contributed by atoms with van der Waals surface area (Å²) in [6.45, 7) is 3.16. The van der Waals surface area contributed by atoms with Crippen molar-refractivity contribution >= 4 is 5.97 Å². The third-order valence-corrected chi connectivity index (χ3v) is 2.67. The number of benzene rings is 1. The van der Waals surface area contributed by atoms with Crippen molar-refractivity contribution in [2.45, 2.75) is 25.9 Å². The Morgan fingerprint density at radius 3 is 2.55 bits per heavy atom. The van der Waals surface area contributed by atoms with E-state index >= 15 is 0 Å². The molecule has 1 atom stereocenters. The van der Waals surface area contributed by atoms with Crippen molar-refractivity contribution in [3.05, 3.63) is 29.8 Å². The largest absolute Gasteiger partial charge is 0.491 e. The fraction of sp³-hybridized carbons (Fsp3) is 0.533. The molecule has 5 nitrogen and oxygen atoms in total. The van der Waals surface area contributed by atoms with Crippen LogP contribution in [0.5, 0.6) is 5.75 Å². The van der Waals surface area contributed by atoms with Crippen molar-refractivity contribution in [2.75, 3.05) is 26.9 Å². The lowest BCUT2D eigenvalue weighted by atomic mass is 10.2. The number of unbranched alkanes of at least 4 members (excludes halogenated alkanes) is 1. The Bertz CT molecular complexity index is 388. The van der Waals surface area contributed by atoms with Crippen LogP contribution in [0.15, 0.2) is 24.3 Å². The Labute approximate surface area is 119 Å². The van der Waals surface area contributed by atoms with Crippen LogP contribution in [-0.4, -0.2) is 44.1 Å². The second kappa shape index (κ2) is 9.34. The Morgan fingerprint density at radius 2 is 1.95 bits per heavy atom. The van der Waals surface area contributed by atoms with Gasteiger partial charge in [0.15, 0.2) is 0 Å². The van der Waals surface area contributed by atoms with Gasteiger partial charge < -0.3 is 19.3 Å². The highest BCUT2D eigenvalue weighted by atomic mass is 16.5. The molecule has 1 N–H and O–H groups in total. The first-order chi connectivity index (χ1) is 9.67. The van der Waals surface area contributed by atoms with Gasteiger partial charge in [0.1, 0.15) is 18.5 Å². The van der Waals surface area contributed by atoms with Crippen LogP contribution < -0.4 is 4.74 Å². The lowest BCUT2D eigenvalue weighted by Gasteiger charge is -2.12. The molecule has 0 saturated heterocycles. The summed E-state index contributed by atoms with van der Waals surface area (Å²) in [6.07, 6.45) is 1.40. The molecule has 0 saturated carbocycles. The molecule has 0 amide bonds. The minimum Gasteiger partial charge on any atom is -0.491 e. The maximum absolute atomic E-state index is 11.2. The molecular formula is C15H22O5. The van der Waals surface area contributed by atoms with Crippen LogP contribution in [-0.2, 0) is 9.47 Å². The summed E-state index contributed by atoms with van der Waals surface area (Å²) in [7, 11) is 1.33. The van der Waals surface area contributed by atoms with Crippen molar-refractivity contribution in [3.8, 4) is 5.75 Å². The minimum atomic E-state index is -0.660. The van der Waals surface area contributed by atoms with Crippen LogP contribution in [0.4, 0.5) is 0 Å². The highest BCUT2D eigenvalue weighted by molar-refractivity contribution is 5.89. The van der Waals surface area contributed by atoms with E-state index in [2.05, 4.69) is 11.7 Å². The highest BCUT2D eigenvalue weighted by Crippen LogP contribution is 2.13. The first-order valence-electron chi connectivity index (χ1n) is 6.74. The van der Waals surface area contributed by atoms with Crippen LogP contribution >= 0.6 is 0 Å². The average Bonchev–Trinajstić information content (AvgIpc) is 2.49. The summed E-state index contributed by atoms with van der Waals surface area (Å²) in [5.41, 5.74) is 0.461. The summed E-state index contributed by atoms with van der Waals surface area (Å²) < 4.78 is 15.3. The fourth-order valence-corrected chi connectivity index (χ4v) is 1.51. The Balaban J connectivity index is 2.29. The van der Waals surface area contributed by atoms with Gasteiger partial charge in [0.25, 0.3) is 0 Å². The Kier molecular flexibility index (Phi) is 7.69. The number of methoxy groups -OCH3 is 1. The lowest BCUT2D eigenvalue weighted by Crippen LogP contribution is -2.23. The SMILES string of the molecule is CCCCOCC(O)COc1ccc(C(=O)OC)cc1. The zero-order valence-corrected chi connectivity index (χ0v) is 12.0. The second-order valence-corrected chi connectivity index (χ2v) is 4.41. The maximum Gasteiger partial charge on any atom is 0.337 e. The number of hydrogen-bond acceptors (Lipinski definition) is 5. The molecule has 1 aromatic rings. The number of rotatable bonds is 9. The molecule has 1 aromatic carbocycles. The molecule has 0 aliphatic carbocycles. The number of ether oxygens (including phenoxy) is 3. The van der Waals surface area contributed by atoms with Crippen molar-refractivity contribution < 1.29 is 24.1 Å². The molecule has 0 aliphatic rings. The summed E-state index contributed by atoms with van der Waals surface area (Å²) >= 11 is 0. The van der Waals surface area contributed by atoms with Gasteiger partial charge in [-0.2, -0.15) is 0 Å². The first-order valence-corrected chi connectivity index (χ1v) is 6.74. The van der Waals surface area contributed by atoms with E-state index in [0.717, 1.165) is 12.8 Å². The van der Waals surface area contributed by atoms with Crippen molar-refractivity contribution in [3.63, 3.8) is 0 Å². The van der Waals surface area contributed by atoms with Gasteiger partial charge in [0, 0.05) is 6.61 Å². The molecule has 112 valence electrons. The van der Waals surface area contributed by atoms with Crippen molar-refractivity contribution in [1.82, 2.24) is 0 Å². The molecular weight excluding hydrogens is 260 g/mol. The van der Waals surface area contributed by atoms with Gasteiger partial charge in [-0.25, -0.2) is 4.79 Å². The van der Waals surface area contributed by atoms with Gasteiger partial charge >= 0.3 is 5.97 Å². The predicted octanol–water partition coefficient (Wildman–Crippen LogP) is 2.03. The van der Waals surface area contributed by atoms with E-state index in [1.807, 2.05) is 0 Å². The molecule has 0 aliphatic heterocycles. The predicted molar refractivity (Wildman–Crippen MR) is 75.0 cm³/mol. The summed E-state index contributed by atoms with van der Waals surface area (Å²) in [6, 6.07) is 6.56. The summed E-state index contributed by atoms with van der Waals surface area (Å²) in [5.74, 6) is 0.200. The fourth-order valence-electron chi connectivity index (χ4n) is 1.51. The summed E-state index contributed by atoms with van der Waals surface area (Å²) in [5, 5.41) is 9.67. The Morgan fingerprint density at radius 1 is 1.25 bits per heavy atom. The van der Waals surface area contributed by atoms with Gasteiger partial charge in [-0.05, 0) is 30.7 Å². The molecule has 1 rings (SSSR count). The number of esters is 1. The smallest absolute Gasteiger partial charge is 0.337 e. The Hall–Kier alpha value is -1.59. The van der Waals surface area contributed by atoms with Gasteiger partial charge in [0.05, 0.1) is 19.3 Å². The number of hydrogen-bond donors (Lipinski definition) is 1. The van der Waals surface area contributed by atoms with Crippen LogP contribution in [0.1, 0.15) is 30.1 Å². The van der Waals surface area contributed by atoms with Crippen LogP contribution in [0.2, 0.25) is 0 Å². The molecule has 1 unspecified atom stereocenters. The number of carbonyl (C=O) groups is 1. The third kappa shape index (κ3) is 6.04. The monoisotopic (exact) mass is 282 g/mol. The quantitative estimate of drug-likeness (QED) is 0.554. The van der Waals surface area contributed by atoms with Crippen LogP contribution in [0.25, 0.3) is 0 Å². The highest BCUT2D eigenvalue weighted by Gasteiger charge is 2.07. The molecule has 0 bridgehead atoms. The first kappa shape index (κ1) is 16.5. The zero-order valence-electron chi connectivity index (χ0n) is 12.0. The zero-order chi connectivity index (χ0) is 14.8. The molecule has 0 fully saturated rings. The molecule has 0 spiro atoms. The van der Waals surface area contributed by atoms with E-state index in [1.165, 1.54) is 7.11 Å². The molecule has 0 heterocycles. The van der Waals surface area contributed by atoms with E-state index in [9.17, 15) is 9.90 Å². The molecule has 0 radical (unpaired) electrons. The summed E-state index contributed by atoms with van der Waals surface area (Å²) in [4.78, 5) is 11.2. The van der Waals surface area contributed by atoms with Gasteiger partial charge in [-0.15, -0.1) is 0 Å². The average molecular weight is 282 g/mol. The third-order valence-electron chi connectivity index (χ3n) is 2.67. The number of aliphatic hydroxyl groups is 1. The maximum atomic E-state index is 11.2. The normalized spacial score (nSPS) is 11.9. The van der Waals surface area contributed by atoms with Gasteiger partial charge in [0.2, 0.25) is 0 Å². The van der Waals surface area contributed by atoms with Gasteiger partial charge in [-0.3, -0.25) is 0 Å². The van der Waals surface area contributed by atoms with Crippen molar-refractivity contribution in [1.29, 1.82) is 0 Å². The van der Waals surface area contributed by atoms with E-state index in [-0.39, 0.29) is 19.2 Å². The van der Waals surface area contributed by atoms with Crippen LogP contribution in [0.3, 0.4) is 0 Å². The van der Waals surface area contributed by atoms with Crippen molar-refractivity contribution in [2.24, 2.45) is 0 Å².